The average molecular weight is 216 g/mol. The topological polar surface area (TPSA) is 20.2 Å². The predicted molar refractivity (Wildman–Crippen MR) is 68.3 cm³/mol. The largest absolute Gasteiger partial charge is 0.378 e. The molecule has 0 heterocycles. The standard InChI is InChI=1S/C15H20O/c1-5-15(4,16)11-10-13-6-8-14(9-7-13)12(2)3/h6-9,12,16H,5H2,1-4H3. The van der Waals surface area contributed by atoms with Gasteiger partial charge in [0, 0.05) is 5.56 Å². The van der Waals surface area contributed by atoms with Crippen LogP contribution in [0.3, 0.4) is 0 Å². The maximum atomic E-state index is 9.75. The zero-order chi connectivity index (χ0) is 12.2. The summed E-state index contributed by atoms with van der Waals surface area (Å²) in [4.78, 5) is 0. The average Bonchev–Trinajstić information content (AvgIpc) is 2.27. The molecule has 0 bridgehead atoms. The minimum absolute atomic E-state index is 0.542. The van der Waals surface area contributed by atoms with Gasteiger partial charge in [-0.25, -0.2) is 0 Å². The molecule has 16 heavy (non-hydrogen) atoms. The van der Waals surface area contributed by atoms with Crippen molar-refractivity contribution >= 4 is 0 Å². The van der Waals surface area contributed by atoms with Gasteiger partial charge in [-0.05, 0) is 37.0 Å². The molecule has 0 spiro atoms. The van der Waals surface area contributed by atoms with E-state index < -0.39 is 5.60 Å². The molecule has 0 aromatic heterocycles. The molecule has 0 amide bonds. The molecule has 1 heteroatoms. The van der Waals surface area contributed by atoms with Crippen molar-refractivity contribution in [2.75, 3.05) is 0 Å². The summed E-state index contributed by atoms with van der Waals surface area (Å²) in [5.41, 5.74) is 1.39. The van der Waals surface area contributed by atoms with Gasteiger partial charge in [0.05, 0.1) is 0 Å². The quantitative estimate of drug-likeness (QED) is 0.752. The highest BCUT2D eigenvalue weighted by Crippen LogP contribution is 2.14. The number of benzene rings is 1. The first-order valence-electron chi connectivity index (χ1n) is 5.80. The summed E-state index contributed by atoms with van der Waals surface area (Å²) in [6, 6.07) is 8.20. The van der Waals surface area contributed by atoms with Crippen LogP contribution in [0.5, 0.6) is 0 Å². The van der Waals surface area contributed by atoms with Crippen LogP contribution in [0.25, 0.3) is 0 Å². The van der Waals surface area contributed by atoms with E-state index in [0.717, 1.165) is 5.56 Å². The van der Waals surface area contributed by atoms with Crippen LogP contribution in [-0.2, 0) is 0 Å². The fraction of sp³-hybridized carbons (Fsp3) is 0.467. The Bertz CT molecular complexity index is 388. The second kappa shape index (κ2) is 5.18. The summed E-state index contributed by atoms with van der Waals surface area (Å²) in [5.74, 6) is 6.42. The van der Waals surface area contributed by atoms with E-state index in [0.29, 0.717) is 12.3 Å². The smallest absolute Gasteiger partial charge is 0.122 e. The minimum Gasteiger partial charge on any atom is -0.378 e. The maximum absolute atomic E-state index is 9.75. The van der Waals surface area contributed by atoms with Gasteiger partial charge in [-0.2, -0.15) is 0 Å². The van der Waals surface area contributed by atoms with Crippen LogP contribution >= 0.6 is 0 Å². The van der Waals surface area contributed by atoms with Gasteiger partial charge < -0.3 is 5.11 Å². The highest BCUT2D eigenvalue weighted by Gasteiger charge is 2.12. The Kier molecular flexibility index (Phi) is 4.15. The summed E-state index contributed by atoms with van der Waals surface area (Å²) in [6.45, 7) is 8.00. The summed E-state index contributed by atoms with van der Waals surface area (Å²) in [5, 5.41) is 9.75. The monoisotopic (exact) mass is 216 g/mol. The molecule has 0 saturated carbocycles. The van der Waals surface area contributed by atoms with E-state index >= 15 is 0 Å². The molecular formula is C15H20O. The SMILES string of the molecule is CCC(C)(O)C#Cc1ccc(C(C)C)cc1. The van der Waals surface area contributed by atoms with Gasteiger partial charge in [-0.15, -0.1) is 0 Å². The first-order chi connectivity index (χ1) is 7.44. The van der Waals surface area contributed by atoms with E-state index in [1.807, 2.05) is 19.1 Å². The lowest BCUT2D eigenvalue weighted by Crippen LogP contribution is -2.19. The summed E-state index contributed by atoms with van der Waals surface area (Å²) in [6.07, 6.45) is 0.643. The molecule has 0 aliphatic carbocycles. The van der Waals surface area contributed by atoms with Crippen LogP contribution in [0.2, 0.25) is 0 Å². The molecule has 1 unspecified atom stereocenters. The maximum Gasteiger partial charge on any atom is 0.122 e. The second-order valence-electron chi connectivity index (χ2n) is 4.65. The number of hydrogen-bond donors (Lipinski definition) is 1. The molecule has 1 rings (SSSR count). The molecule has 1 aromatic carbocycles. The summed E-state index contributed by atoms with van der Waals surface area (Å²) in [7, 11) is 0. The first kappa shape index (κ1) is 12.8. The van der Waals surface area contributed by atoms with Gasteiger partial charge in [0.1, 0.15) is 5.60 Å². The third-order valence-corrected chi connectivity index (χ3v) is 2.74. The molecule has 0 radical (unpaired) electrons. The van der Waals surface area contributed by atoms with Crippen LogP contribution in [0.1, 0.15) is 51.2 Å². The zero-order valence-corrected chi connectivity index (χ0v) is 10.5. The van der Waals surface area contributed by atoms with Crippen molar-refractivity contribution in [2.24, 2.45) is 0 Å². The molecular weight excluding hydrogens is 196 g/mol. The Morgan fingerprint density at radius 2 is 1.81 bits per heavy atom. The van der Waals surface area contributed by atoms with Crippen molar-refractivity contribution in [3.8, 4) is 11.8 Å². The fourth-order valence-corrected chi connectivity index (χ4v) is 1.25. The van der Waals surface area contributed by atoms with Gasteiger partial charge >= 0.3 is 0 Å². The van der Waals surface area contributed by atoms with Gasteiger partial charge in [0.2, 0.25) is 0 Å². The van der Waals surface area contributed by atoms with Crippen LogP contribution in [-0.4, -0.2) is 10.7 Å². The zero-order valence-electron chi connectivity index (χ0n) is 10.5. The van der Waals surface area contributed by atoms with Gasteiger partial charge in [0.15, 0.2) is 0 Å². The Hall–Kier alpha value is -1.26. The van der Waals surface area contributed by atoms with Crippen LogP contribution in [0, 0.1) is 11.8 Å². The summed E-state index contributed by atoms with van der Waals surface area (Å²) >= 11 is 0. The lowest BCUT2D eigenvalue weighted by atomic mass is 10.0. The number of rotatable bonds is 2. The highest BCUT2D eigenvalue weighted by atomic mass is 16.3. The number of hydrogen-bond acceptors (Lipinski definition) is 1. The van der Waals surface area contributed by atoms with E-state index in [9.17, 15) is 5.11 Å². The third-order valence-electron chi connectivity index (χ3n) is 2.74. The minimum atomic E-state index is -0.878. The van der Waals surface area contributed by atoms with Crippen molar-refractivity contribution in [3.05, 3.63) is 35.4 Å². The predicted octanol–water partition coefficient (Wildman–Crippen LogP) is 3.32. The molecule has 1 nitrogen and oxygen atoms in total. The molecule has 0 saturated heterocycles. The van der Waals surface area contributed by atoms with Gasteiger partial charge in [0.25, 0.3) is 0 Å². The van der Waals surface area contributed by atoms with Gasteiger partial charge in [-0.3, -0.25) is 0 Å². The van der Waals surface area contributed by atoms with E-state index in [4.69, 9.17) is 0 Å². The van der Waals surface area contributed by atoms with E-state index in [1.54, 1.807) is 6.92 Å². The molecule has 1 atom stereocenters. The fourth-order valence-electron chi connectivity index (χ4n) is 1.25. The van der Waals surface area contributed by atoms with Crippen molar-refractivity contribution in [1.82, 2.24) is 0 Å². The lowest BCUT2D eigenvalue weighted by Gasteiger charge is -2.11. The molecule has 1 aromatic rings. The normalized spacial score (nSPS) is 14.1. The lowest BCUT2D eigenvalue weighted by molar-refractivity contribution is 0.118. The molecule has 0 aliphatic heterocycles. The Morgan fingerprint density at radius 1 is 1.25 bits per heavy atom. The van der Waals surface area contributed by atoms with Gasteiger partial charge in [-0.1, -0.05) is 44.7 Å². The number of aliphatic hydroxyl groups is 1. The Labute approximate surface area is 98.5 Å². The first-order valence-corrected chi connectivity index (χ1v) is 5.80. The van der Waals surface area contributed by atoms with Crippen molar-refractivity contribution < 1.29 is 5.11 Å². The summed E-state index contributed by atoms with van der Waals surface area (Å²) < 4.78 is 0. The second-order valence-corrected chi connectivity index (χ2v) is 4.65. The molecule has 86 valence electrons. The molecule has 0 fully saturated rings. The Balaban J connectivity index is 2.84. The van der Waals surface area contributed by atoms with Crippen molar-refractivity contribution in [3.63, 3.8) is 0 Å². The van der Waals surface area contributed by atoms with Crippen LogP contribution < -0.4 is 0 Å². The van der Waals surface area contributed by atoms with Crippen LogP contribution in [0.4, 0.5) is 0 Å². The van der Waals surface area contributed by atoms with E-state index in [-0.39, 0.29) is 0 Å². The van der Waals surface area contributed by atoms with E-state index in [1.165, 1.54) is 5.56 Å². The van der Waals surface area contributed by atoms with Crippen LogP contribution in [0.15, 0.2) is 24.3 Å². The van der Waals surface area contributed by atoms with Crippen molar-refractivity contribution in [1.29, 1.82) is 0 Å². The van der Waals surface area contributed by atoms with Crippen molar-refractivity contribution in [2.45, 2.75) is 45.6 Å². The molecule has 1 N–H and O–H groups in total. The highest BCUT2D eigenvalue weighted by molar-refractivity contribution is 5.38. The third kappa shape index (κ3) is 3.72. The molecule has 0 aliphatic rings. The Morgan fingerprint density at radius 3 is 2.25 bits per heavy atom. The van der Waals surface area contributed by atoms with E-state index in [2.05, 4.69) is 37.8 Å².